The number of imidazole rings is 1. The Labute approximate surface area is 152 Å². The van der Waals surface area contributed by atoms with Gasteiger partial charge in [0.15, 0.2) is 17.1 Å². The van der Waals surface area contributed by atoms with Gasteiger partial charge in [0.25, 0.3) is 5.88 Å². The van der Waals surface area contributed by atoms with Crippen LogP contribution in [0, 0.1) is 5.82 Å². The maximum absolute atomic E-state index is 14.5. The Balaban J connectivity index is 2.01. The van der Waals surface area contributed by atoms with Gasteiger partial charge in [0.2, 0.25) is 5.82 Å². The van der Waals surface area contributed by atoms with Gasteiger partial charge in [0.1, 0.15) is 5.82 Å². The van der Waals surface area contributed by atoms with E-state index in [9.17, 15) is 17.6 Å². The molecule has 2 heterocycles. The first-order valence-corrected chi connectivity index (χ1v) is 7.95. The van der Waals surface area contributed by atoms with E-state index >= 15 is 0 Å². The lowest BCUT2D eigenvalue weighted by molar-refractivity contribution is -0.144. The number of benzene rings is 1. The number of nitrogens with zero attached hydrogens (tertiary/aromatic N) is 3. The molecule has 0 fully saturated rings. The highest BCUT2D eigenvalue weighted by atomic mass is 19.4. The number of methoxy groups -OCH3 is 1. The summed E-state index contributed by atoms with van der Waals surface area (Å²) in [5.74, 6) is -1.91. The van der Waals surface area contributed by atoms with Gasteiger partial charge in [-0.15, -0.1) is 0 Å². The Morgan fingerprint density at radius 1 is 1.07 bits per heavy atom. The number of H-pyrrole nitrogens is 1. The molecule has 6 nitrogen and oxygen atoms in total. The standard InChI is InChI=1S/C17H17F4N5O/c1-16(2,3)8-5-6-10(9(18)7-8)22-13-14(27-4)24-12-11(23-13)25-15(26-12)17(19,20)21/h5-7H,1-4H3,(H2,22,23,24,25,26). The van der Waals surface area contributed by atoms with Crippen LogP contribution in [-0.2, 0) is 11.6 Å². The first kappa shape index (κ1) is 18.9. The van der Waals surface area contributed by atoms with Crippen LogP contribution < -0.4 is 10.1 Å². The molecule has 0 aliphatic rings. The number of rotatable bonds is 3. The normalized spacial score (nSPS) is 12.4. The highest BCUT2D eigenvalue weighted by molar-refractivity contribution is 5.73. The molecular formula is C17H17F4N5O. The second kappa shape index (κ2) is 6.36. The molecule has 0 bridgehead atoms. The van der Waals surface area contributed by atoms with Crippen LogP contribution >= 0.6 is 0 Å². The van der Waals surface area contributed by atoms with Gasteiger partial charge in [-0.05, 0) is 23.1 Å². The lowest BCUT2D eigenvalue weighted by Crippen LogP contribution is -2.11. The molecule has 3 aromatic rings. The lowest BCUT2D eigenvalue weighted by Gasteiger charge is -2.20. The molecule has 0 spiro atoms. The molecule has 144 valence electrons. The van der Waals surface area contributed by atoms with Crippen LogP contribution in [-0.4, -0.2) is 27.0 Å². The highest BCUT2D eigenvalue weighted by Gasteiger charge is 2.35. The number of alkyl halides is 3. The van der Waals surface area contributed by atoms with E-state index in [0.29, 0.717) is 0 Å². The van der Waals surface area contributed by atoms with Gasteiger partial charge in [-0.2, -0.15) is 18.2 Å². The first-order valence-electron chi connectivity index (χ1n) is 7.95. The second-order valence-electron chi connectivity index (χ2n) is 6.91. The largest absolute Gasteiger partial charge is 0.478 e. The van der Waals surface area contributed by atoms with Crippen molar-refractivity contribution in [1.82, 2.24) is 19.9 Å². The molecule has 2 aromatic heterocycles. The zero-order chi connectivity index (χ0) is 20.0. The summed E-state index contributed by atoms with van der Waals surface area (Å²) in [6.45, 7) is 5.85. The van der Waals surface area contributed by atoms with Crippen molar-refractivity contribution in [2.45, 2.75) is 32.4 Å². The van der Waals surface area contributed by atoms with Crippen molar-refractivity contribution in [2.75, 3.05) is 12.4 Å². The molecular weight excluding hydrogens is 366 g/mol. The molecule has 3 rings (SSSR count). The molecule has 0 aliphatic heterocycles. The van der Waals surface area contributed by atoms with Gasteiger partial charge < -0.3 is 15.0 Å². The minimum Gasteiger partial charge on any atom is -0.478 e. The van der Waals surface area contributed by atoms with Crippen molar-refractivity contribution in [3.63, 3.8) is 0 Å². The van der Waals surface area contributed by atoms with E-state index in [1.54, 1.807) is 6.07 Å². The summed E-state index contributed by atoms with van der Waals surface area (Å²) < 4.78 is 57.9. The summed E-state index contributed by atoms with van der Waals surface area (Å²) in [5, 5.41) is 2.70. The minimum absolute atomic E-state index is 0.0485. The van der Waals surface area contributed by atoms with Crippen molar-refractivity contribution in [3.8, 4) is 5.88 Å². The number of halogens is 4. The summed E-state index contributed by atoms with van der Waals surface area (Å²) >= 11 is 0. The molecule has 10 heteroatoms. The molecule has 1 aromatic carbocycles. The quantitative estimate of drug-likeness (QED) is 0.649. The highest BCUT2D eigenvalue weighted by Crippen LogP contribution is 2.32. The van der Waals surface area contributed by atoms with Gasteiger partial charge in [-0.1, -0.05) is 26.8 Å². The van der Waals surface area contributed by atoms with Gasteiger partial charge in [-0.3, -0.25) is 0 Å². The van der Waals surface area contributed by atoms with E-state index in [-0.39, 0.29) is 34.1 Å². The number of aromatic nitrogens is 4. The molecule has 0 amide bonds. The van der Waals surface area contributed by atoms with E-state index < -0.39 is 17.8 Å². The maximum Gasteiger partial charge on any atom is 0.449 e. The summed E-state index contributed by atoms with van der Waals surface area (Å²) in [7, 11) is 1.28. The van der Waals surface area contributed by atoms with Crippen LogP contribution in [0.2, 0.25) is 0 Å². The Bertz CT molecular complexity index is 991. The van der Waals surface area contributed by atoms with E-state index in [1.807, 2.05) is 25.8 Å². The molecule has 27 heavy (non-hydrogen) atoms. The van der Waals surface area contributed by atoms with E-state index in [4.69, 9.17) is 4.74 Å². The first-order chi connectivity index (χ1) is 12.5. The van der Waals surface area contributed by atoms with Crippen LogP contribution in [0.25, 0.3) is 11.3 Å². The zero-order valence-electron chi connectivity index (χ0n) is 15.0. The zero-order valence-corrected chi connectivity index (χ0v) is 15.0. The number of ether oxygens (including phenoxy) is 1. The van der Waals surface area contributed by atoms with Gasteiger partial charge in [-0.25, -0.2) is 14.4 Å². The average Bonchev–Trinajstić information content (AvgIpc) is 2.98. The van der Waals surface area contributed by atoms with E-state index in [0.717, 1.165) is 5.56 Å². The fraction of sp³-hybridized carbons (Fsp3) is 0.353. The van der Waals surface area contributed by atoms with E-state index in [1.165, 1.54) is 19.2 Å². The van der Waals surface area contributed by atoms with Crippen LogP contribution in [0.3, 0.4) is 0 Å². The van der Waals surface area contributed by atoms with Crippen molar-refractivity contribution in [1.29, 1.82) is 0 Å². The van der Waals surface area contributed by atoms with Crippen LogP contribution in [0.1, 0.15) is 32.2 Å². The maximum atomic E-state index is 14.5. The Hall–Kier alpha value is -2.91. The molecule has 0 radical (unpaired) electrons. The molecule has 0 unspecified atom stereocenters. The summed E-state index contributed by atoms with van der Waals surface area (Å²) in [4.78, 5) is 13.3. The summed E-state index contributed by atoms with van der Waals surface area (Å²) in [6, 6.07) is 4.66. The number of aromatic amines is 1. The summed E-state index contributed by atoms with van der Waals surface area (Å²) in [5.41, 5.74) is 0.187. The van der Waals surface area contributed by atoms with Gasteiger partial charge in [0.05, 0.1) is 12.8 Å². The van der Waals surface area contributed by atoms with Crippen molar-refractivity contribution in [3.05, 3.63) is 35.4 Å². The SMILES string of the molecule is COc1nc2[nH]c(C(F)(F)F)nc2nc1Nc1ccc(C(C)(C)C)cc1F. The molecule has 0 atom stereocenters. The number of anilines is 2. The van der Waals surface area contributed by atoms with Crippen LogP contribution in [0.4, 0.5) is 29.1 Å². The number of hydrogen-bond acceptors (Lipinski definition) is 5. The molecule has 2 N–H and O–H groups in total. The predicted octanol–water partition coefficient (Wildman–Crippen LogP) is 4.56. The number of fused-ring (bicyclic) bond motifs is 1. The number of nitrogens with one attached hydrogen (secondary N) is 2. The molecule has 0 saturated heterocycles. The third kappa shape index (κ3) is 3.79. The smallest absolute Gasteiger partial charge is 0.449 e. The predicted molar refractivity (Wildman–Crippen MR) is 91.6 cm³/mol. The fourth-order valence-corrected chi connectivity index (χ4v) is 2.39. The monoisotopic (exact) mass is 383 g/mol. The molecule has 0 aliphatic carbocycles. The van der Waals surface area contributed by atoms with Crippen molar-refractivity contribution >= 4 is 22.8 Å². The number of hydrogen-bond donors (Lipinski definition) is 2. The Morgan fingerprint density at radius 2 is 1.78 bits per heavy atom. The summed E-state index contributed by atoms with van der Waals surface area (Å²) in [6.07, 6.45) is -4.67. The lowest BCUT2D eigenvalue weighted by atomic mass is 9.87. The third-order valence-electron chi connectivity index (χ3n) is 3.85. The van der Waals surface area contributed by atoms with Crippen LogP contribution in [0.5, 0.6) is 5.88 Å². The fourth-order valence-electron chi connectivity index (χ4n) is 2.39. The minimum atomic E-state index is -4.67. The molecule has 0 saturated carbocycles. The average molecular weight is 383 g/mol. The van der Waals surface area contributed by atoms with Gasteiger partial charge >= 0.3 is 6.18 Å². The van der Waals surface area contributed by atoms with Crippen molar-refractivity contribution in [2.24, 2.45) is 0 Å². The van der Waals surface area contributed by atoms with Crippen LogP contribution in [0.15, 0.2) is 18.2 Å². The van der Waals surface area contributed by atoms with E-state index in [2.05, 4.69) is 20.3 Å². The third-order valence-corrected chi connectivity index (χ3v) is 3.85. The Kier molecular flexibility index (Phi) is 4.44. The van der Waals surface area contributed by atoms with Gasteiger partial charge in [0, 0.05) is 0 Å². The second-order valence-corrected chi connectivity index (χ2v) is 6.91. The Morgan fingerprint density at radius 3 is 2.33 bits per heavy atom. The topological polar surface area (TPSA) is 75.7 Å². The van der Waals surface area contributed by atoms with Crippen molar-refractivity contribution < 1.29 is 22.3 Å².